The maximum Gasteiger partial charge on any atom is 0.257 e. The molecule has 0 amide bonds. The molecule has 0 radical (unpaired) electrons. The van der Waals surface area contributed by atoms with Gasteiger partial charge in [-0.25, -0.2) is 0 Å². The third-order valence-electron chi connectivity index (χ3n) is 4.36. The number of nitrogens with one attached hydrogen (secondary N) is 2. The van der Waals surface area contributed by atoms with Gasteiger partial charge in [-0.2, -0.15) is 0 Å². The minimum atomic E-state index is -0.155. The van der Waals surface area contributed by atoms with Crippen molar-refractivity contribution in [2.75, 3.05) is 0 Å². The highest BCUT2D eigenvalue weighted by atomic mass is 16.1. The Morgan fingerprint density at radius 2 is 1.76 bits per heavy atom. The fourth-order valence-corrected chi connectivity index (χ4v) is 3.14. The van der Waals surface area contributed by atoms with Crippen LogP contribution in [-0.4, -0.2) is 15.8 Å². The second-order valence-corrected chi connectivity index (χ2v) is 5.97. The number of benzene rings is 2. The van der Waals surface area contributed by atoms with Gasteiger partial charge >= 0.3 is 0 Å². The predicted molar refractivity (Wildman–Crippen MR) is 99.8 cm³/mol. The lowest BCUT2D eigenvalue weighted by Crippen LogP contribution is -2.07. The van der Waals surface area contributed by atoms with E-state index in [0.29, 0.717) is 11.1 Å². The van der Waals surface area contributed by atoms with Gasteiger partial charge in [0.25, 0.3) is 5.56 Å². The smallest absolute Gasteiger partial charge is 0.257 e. The number of fused-ring (bicyclic) bond motifs is 1. The maximum atomic E-state index is 12.3. The number of rotatable bonds is 3. The van der Waals surface area contributed by atoms with Crippen LogP contribution in [0.25, 0.3) is 33.3 Å². The van der Waals surface area contributed by atoms with E-state index in [4.69, 9.17) is 0 Å². The van der Waals surface area contributed by atoms with Gasteiger partial charge < -0.3 is 9.97 Å². The summed E-state index contributed by atoms with van der Waals surface area (Å²) in [4.78, 5) is 30.2. The lowest BCUT2D eigenvalue weighted by molar-refractivity contribution is 0.101. The summed E-state index contributed by atoms with van der Waals surface area (Å²) in [7, 11) is 0. The highest BCUT2D eigenvalue weighted by Crippen LogP contribution is 2.37. The first-order valence-electron chi connectivity index (χ1n) is 8.05. The van der Waals surface area contributed by atoms with E-state index in [1.165, 1.54) is 0 Å². The van der Waals surface area contributed by atoms with Gasteiger partial charge in [0.05, 0.1) is 11.3 Å². The molecule has 122 valence electrons. The molecule has 0 saturated heterocycles. The third-order valence-corrected chi connectivity index (χ3v) is 4.36. The van der Waals surface area contributed by atoms with Crippen LogP contribution in [0.1, 0.15) is 17.3 Å². The molecular formula is C21H16N2O2. The van der Waals surface area contributed by atoms with Gasteiger partial charge in [-0.15, -0.1) is 0 Å². The van der Waals surface area contributed by atoms with Crippen molar-refractivity contribution in [3.8, 4) is 22.4 Å². The Morgan fingerprint density at radius 1 is 0.960 bits per heavy atom. The molecular weight excluding hydrogens is 312 g/mol. The number of H-pyrrole nitrogens is 2. The number of Topliss-reactive ketones (excluding diaryl/α,β-unsaturated/α-hetero) is 1. The van der Waals surface area contributed by atoms with Crippen LogP contribution in [0.5, 0.6) is 0 Å². The zero-order valence-electron chi connectivity index (χ0n) is 13.7. The zero-order chi connectivity index (χ0) is 17.4. The van der Waals surface area contributed by atoms with Crippen LogP contribution < -0.4 is 5.56 Å². The normalized spacial score (nSPS) is 10.9. The van der Waals surface area contributed by atoms with E-state index in [1.807, 2.05) is 42.5 Å². The molecule has 2 heterocycles. The minimum absolute atomic E-state index is 0.0150. The van der Waals surface area contributed by atoms with Crippen molar-refractivity contribution in [2.45, 2.75) is 6.92 Å². The van der Waals surface area contributed by atoms with Crippen molar-refractivity contribution < 1.29 is 4.79 Å². The number of hydrogen-bond acceptors (Lipinski definition) is 2. The Bertz CT molecular complexity index is 1140. The molecule has 2 N–H and O–H groups in total. The van der Waals surface area contributed by atoms with Gasteiger partial charge in [0, 0.05) is 28.2 Å². The van der Waals surface area contributed by atoms with E-state index >= 15 is 0 Å². The molecule has 0 aliphatic rings. The molecule has 4 rings (SSSR count). The SMILES string of the molecule is CC(=O)c1ccc2[nH]c(-c3ccc[nH]c3=O)c(-c3ccccc3)c2c1. The number of carbonyl (C=O) groups excluding carboxylic acids is 1. The largest absolute Gasteiger partial charge is 0.354 e. The number of carbonyl (C=O) groups is 1. The molecule has 0 spiro atoms. The molecule has 2 aromatic carbocycles. The Labute approximate surface area is 144 Å². The van der Waals surface area contributed by atoms with Gasteiger partial charge in [0.1, 0.15) is 0 Å². The second-order valence-electron chi connectivity index (χ2n) is 5.97. The molecule has 0 atom stereocenters. The van der Waals surface area contributed by atoms with Crippen molar-refractivity contribution in [1.82, 2.24) is 9.97 Å². The molecule has 0 aliphatic heterocycles. The summed E-state index contributed by atoms with van der Waals surface area (Å²) < 4.78 is 0. The van der Waals surface area contributed by atoms with E-state index in [1.54, 1.807) is 31.3 Å². The topological polar surface area (TPSA) is 65.7 Å². The predicted octanol–water partition coefficient (Wildman–Crippen LogP) is 4.39. The lowest BCUT2D eigenvalue weighted by atomic mass is 9.97. The number of hydrogen-bond donors (Lipinski definition) is 2. The molecule has 4 heteroatoms. The van der Waals surface area contributed by atoms with Crippen LogP contribution in [-0.2, 0) is 0 Å². The standard InChI is InChI=1S/C21H16N2O2/c1-13(24)15-9-10-18-17(12-15)19(14-6-3-2-4-7-14)20(23-18)16-8-5-11-22-21(16)25/h2-12,23H,1H3,(H,22,25). The fraction of sp³-hybridized carbons (Fsp3) is 0.0476. The Hall–Kier alpha value is -3.40. The van der Waals surface area contributed by atoms with Crippen LogP contribution in [0.15, 0.2) is 71.7 Å². The van der Waals surface area contributed by atoms with Crippen molar-refractivity contribution in [3.05, 3.63) is 82.8 Å². The molecule has 4 aromatic rings. The monoisotopic (exact) mass is 328 g/mol. The summed E-state index contributed by atoms with van der Waals surface area (Å²) in [6.07, 6.45) is 1.62. The molecule has 25 heavy (non-hydrogen) atoms. The average Bonchev–Trinajstić information content (AvgIpc) is 3.01. The molecule has 0 aliphatic carbocycles. The molecule has 2 aromatic heterocycles. The highest BCUT2D eigenvalue weighted by molar-refractivity contribution is 6.07. The lowest BCUT2D eigenvalue weighted by Gasteiger charge is -2.05. The first kappa shape index (κ1) is 15.1. The second kappa shape index (κ2) is 5.91. The fourth-order valence-electron chi connectivity index (χ4n) is 3.14. The summed E-state index contributed by atoms with van der Waals surface area (Å²) in [6, 6.07) is 19.1. The first-order chi connectivity index (χ1) is 12.1. The van der Waals surface area contributed by atoms with Gasteiger partial charge in [-0.05, 0) is 42.8 Å². The molecule has 0 bridgehead atoms. The van der Waals surface area contributed by atoms with Crippen LogP contribution >= 0.6 is 0 Å². The van der Waals surface area contributed by atoms with Gasteiger partial charge in [0.2, 0.25) is 0 Å². The van der Waals surface area contributed by atoms with Crippen molar-refractivity contribution in [2.24, 2.45) is 0 Å². The minimum Gasteiger partial charge on any atom is -0.354 e. The Balaban J connectivity index is 2.11. The van der Waals surface area contributed by atoms with E-state index in [-0.39, 0.29) is 11.3 Å². The summed E-state index contributed by atoms with van der Waals surface area (Å²) >= 11 is 0. The molecule has 0 unspecified atom stereocenters. The Morgan fingerprint density at radius 3 is 2.48 bits per heavy atom. The molecule has 0 fully saturated rings. The van der Waals surface area contributed by atoms with Crippen LogP contribution in [0.2, 0.25) is 0 Å². The van der Waals surface area contributed by atoms with E-state index < -0.39 is 0 Å². The first-order valence-corrected chi connectivity index (χ1v) is 8.05. The summed E-state index contributed by atoms with van der Waals surface area (Å²) in [5, 5.41) is 0.928. The van der Waals surface area contributed by atoms with Gasteiger partial charge in [-0.3, -0.25) is 9.59 Å². The van der Waals surface area contributed by atoms with Crippen LogP contribution in [0, 0.1) is 0 Å². The van der Waals surface area contributed by atoms with Crippen molar-refractivity contribution in [3.63, 3.8) is 0 Å². The van der Waals surface area contributed by atoms with E-state index in [0.717, 1.165) is 27.7 Å². The number of aromatic amines is 2. The summed E-state index contributed by atoms with van der Waals surface area (Å²) in [6.45, 7) is 1.55. The molecule has 0 saturated carbocycles. The molecule has 4 nitrogen and oxygen atoms in total. The summed E-state index contributed by atoms with van der Waals surface area (Å²) in [5.41, 5.74) is 4.63. The third kappa shape index (κ3) is 2.58. The van der Waals surface area contributed by atoms with Crippen LogP contribution in [0.4, 0.5) is 0 Å². The van der Waals surface area contributed by atoms with Crippen LogP contribution in [0.3, 0.4) is 0 Å². The number of pyridine rings is 1. The maximum absolute atomic E-state index is 12.3. The average molecular weight is 328 g/mol. The Kier molecular flexibility index (Phi) is 3.58. The highest BCUT2D eigenvalue weighted by Gasteiger charge is 2.17. The summed E-state index contributed by atoms with van der Waals surface area (Å²) in [5.74, 6) is 0.0150. The van der Waals surface area contributed by atoms with E-state index in [9.17, 15) is 9.59 Å². The van der Waals surface area contributed by atoms with Gasteiger partial charge in [0.15, 0.2) is 5.78 Å². The van der Waals surface area contributed by atoms with E-state index in [2.05, 4.69) is 9.97 Å². The van der Waals surface area contributed by atoms with Gasteiger partial charge in [-0.1, -0.05) is 30.3 Å². The van der Waals surface area contributed by atoms with Crippen molar-refractivity contribution in [1.29, 1.82) is 0 Å². The number of ketones is 1. The zero-order valence-corrected chi connectivity index (χ0v) is 13.7. The quantitative estimate of drug-likeness (QED) is 0.548. The van der Waals surface area contributed by atoms with Crippen molar-refractivity contribution >= 4 is 16.7 Å². The number of aromatic nitrogens is 2.